The third kappa shape index (κ3) is 4.24. The second-order valence-electron chi connectivity index (χ2n) is 10.5. The van der Waals surface area contributed by atoms with Crippen LogP contribution in [-0.2, 0) is 15.0 Å². The highest BCUT2D eigenvalue weighted by atomic mass is 32.1. The number of aryl methyl sites for hydroxylation is 2. The summed E-state index contributed by atoms with van der Waals surface area (Å²) in [6.07, 6.45) is 3.23. The van der Waals surface area contributed by atoms with Gasteiger partial charge in [0.1, 0.15) is 11.5 Å². The minimum atomic E-state index is -0.881. The lowest BCUT2D eigenvalue weighted by Gasteiger charge is -2.23. The highest BCUT2D eigenvalue weighted by Crippen LogP contribution is 2.45. The van der Waals surface area contributed by atoms with Gasteiger partial charge in [-0.05, 0) is 71.8 Å². The fraction of sp³-hybridized carbons (Fsp3) is 0.267. The van der Waals surface area contributed by atoms with Crippen LogP contribution < -0.4 is 9.64 Å². The van der Waals surface area contributed by atoms with Gasteiger partial charge in [0.05, 0.1) is 28.9 Å². The second-order valence-corrected chi connectivity index (χ2v) is 11.5. The number of fused-ring (bicyclic) bond motifs is 1. The number of aliphatic hydroxyl groups excluding tert-OH is 1. The summed E-state index contributed by atoms with van der Waals surface area (Å²) < 4.78 is 6.32. The summed E-state index contributed by atoms with van der Waals surface area (Å²) in [4.78, 5) is 37.4. The van der Waals surface area contributed by atoms with Gasteiger partial charge in [0, 0.05) is 18.0 Å². The zero-order valence-electron chi connectivity index (χ0n) is 22.2. The molecule has 1 N–H and O–H groups in total. The topological polar surface area (TPSA) is 92.6 Å². The van der Waals surface area contributed by atoms with E-state index in [1.54, 1.807) is 43.8 Å². The molecular formula is C30H29N3O4S. The van der Waals surface area contributed by atoms with Gasteiger partial charge in [-0.3, -0.25) is 19.5 Å². The van der Waals surface area contributed by atoms with Gasteiger partial charge in [-0.25, -0.2) is 4.98 Å². The summed E-state index contributed by atoms with van der Waals surface area (Å²) in [5, 5.41) is 11.9. The molecule has 1 atom stereocenters. The van der Waals surface area contributed by atoms with Crippen LogP contribution in [0.2, 0.25) is 0 Å². The number of thiazole rings is 1. The van der Waals surface area contributed by atoms with Crippen LogP contribution in [0.4, 0.5) is 5.13 Å². The largest absolute Gasteiger partial charge is 0.507 e. The van der Waals surface area contributed by atoms with Gasteiger partial charge in [-0.2, -0.15) is 0 Å². The molecule has 2 aromatic heterocycles. The van der Waals surface area contributed by atoms with Gasteiger partial charge in [-0.1, -0.05) is 44.2 Å². The number of amides is 1. The van der Waals surface area contributed by atoms with Crippen molar-refractivity contribution in [2.24, 2.45) is 0 Å². The van der Waals surface area contributed by atoms with E-state index in [0.717, 1.165) is 26.9 Å². The molecule has 7 nitrogen and oxygen atoms in total. The third-order valence-corrected chi connectivity index (χ3v) is 7.91. The van der Waals surface area contributed by atoms with E-state index in [2.05, 4.69) is 31.8 Å². The summed E-state index contributed by atoms with van der Waals surface area (Å²) in [5.74, 6) is -1.07. The molecule has 1 saturated heterocycles. The molecule has 0 aliphatic carbocycles. The number of methoxy groups -OCH3 is 1. The van der Waals surface area contributed by atoms with Crippen molar-refractivity contribution in [1.29, 1.82) is 0 Å². The van der Waals surface area contributed by atoms with E-state index in [1.165, 1.54) is 16.2 Å². The maximum atomic E-state index is 13.5. The number of aromatic nitrogens is 2. The van der Waals surface area contributed by atoms with Crippen LogP contribution in [-0.4, -0.2) is 33.9 Å². The van der Waals surface area contributed by atoms with Crippen LogP contribution in [0.15, 0.2) is 60.4 Å². The minimum absolute atomic E-state index is 0.00491. The van der Waals surface area contributed by atoms with E-state index in [1.807, 2.05) is 26.0 Å². The molecule has 4 aromatic rings. The fourth-order valence-electron chi connectivity index (χ4n) is 4.77. The Morgan fingerprint density at radius 3 is 2.50 bits per heavy atom. The molecule has 194 valence electrons. The van der Waals surface area contributed by atoms with Gasteiger partial charge >= 0.3 is 5.91 Å². The lowest BCUT2D eigenvalue weighted by Crippen LogP contribution is -2.29. The monoisotopic (exact) mass is 527 g/mol. The molecule has 0 saturated carbocycles. The Morgan fingerprint density at radius 2 is 1.84 bits per heavy atom. The molecule has 3 heterocycles. The number of ether oxygens (including phenoxy) is 1. The van der Waals surface area contributed by atoms with E-state index in [0.29, 0.717) is 22.0 Å². The second kappa shape index (κ2) is 9.36. The molecule has 8 heteroatoms. The van der Waals surface area contributed by atoms with Crippen LogP contribution in [0.5, 0.6) is 5.75 Å². The molecule has 2 aromatic carbocycles. The van der Waals surface area contributed by atoms with Crippen LogP contribution in [0.1, 0.15) is 54.6 Å². The summed E-state index contributed by atoms with van der Waals surface area (Å²) in [6.45, 7) is 10.1. The standard InChI is InChI=1S/C30H29N3O4S/c1-16-13-22(37-6)17(2)12-20(16)26(34)24-25(18-8-7-11-31-15-18)33(28(36)27(24)35)29-32-21-10-9-19(30(3,4)5)14-23(21)38-29/h7-15,25,34H,1-6H3/b26-24+. The lowest BCUT2D eigenvalue weighted by atomic mass is 9.87. The Bertz CT molecular complexity index is 1620. The van der Waals surface area contributed by atoms with Crippen LogP contribution in [0.25, 0.3) is 16.0 Å². The normalized spacial score (nSPS) is 17.4. The first-order chi connectivity index (χ1) is 18.0. The van der Waals surface area contributed by atoms with Gasteiger partial charge in [0.15, 0.2) is 5.13 Å². The number of Topliss-reactive ketones (excluding diaryl/α,β-unsaturated/α-hetero) is 1. The molecule has 1 aliphatic heterocycles. The van der Waals surface area contributed by atoms with Crippen molar-refractivity contribution in [1.82, 2.24) is 9.97 Å². The minimum Gasteiger partial charge on any atom is -0.507 e. The zero-order chi connectivity index (χ0) is 27.4. The zero-order valence-corrected chi connectivity index (χ0v) is 23.0. The van der Waals surface area contributed by atoms with Crippen molar-refractivity contribution in [3.63, 3.8) is 0 Å². The Kier molecular flexibility index (Phi) is 6.31. The Balaban J connectivity index is 1.71. The number of aliphatic hydroxyl groups is 1. The maximum Gasteiger partial charge on any atom is 0.301 e. The molecule has 5 rings (SSSR count). The molecule has 1 fully saturated rings. The molecule has 1 aliphatic rings. The number of ketones is 1. The summed E-state index contributed by atoms with van der Waals surface area (Å²) in [5.41, 5.74) is 4.43. The van der Waals surface area contributed by atoms with Crippen molar-refractivity contribution in [2.45, 2.75) is 46.1 Å². The average Bonchev–Trinajstić information content (AvgIpc) is 3.42. The number of anilines is 1. The number of carbonyl (C=O) groups excluding carboxylic acids is 2. The molecule has 38 heavy (non-hydrogen) atoms. The number of nitrogens with zero attached hydrogens (tertiary/aromatic N) is 3. The van der Waals surface area contributed by atoms with E-state index in [-0.39, 0.29) is 16.7 Å². The number of benzene rings is 2. The Hall–Kier alpha value is -4.04. The Morgan fingerprint density at radius 1 is 1.08 bits per heavy atom. The van der Waals surface area contributed by atoms with Gasteiger partial charge < -0.3 is 9.84 Å². The van der Waals surface area contributed by atoms with Crippen LogP contribution in [0.3, 0.4) is 0 Å². The van der Waals surface area contributed by atoms with Gasteiger partial charge in [0.2, 0.25) is 0 Å². The van der Waals surface area contributed by atoms with Crippen molar-refractivity contribution >= 4 is 44.1 Å². The lowest BCUT2D eigenvalue weighted by molar-refractivity contribution is -0.132. The molecule has 0 spiro atoms. The number of hydrogen-bond donors (Lipinski definition) is 1. The van der Waals surface area contributed by atoms with Crippen molar-refractivity contribution < 1.29 is 19.4 Å². The molecule has 1 unspecified atom stereocenters. The Labute approximate surface area is 225 Å². The third-order valence-electron chi connectivity index (χ3n) is 6.89. The smallest absolute Gasteiger partial charge is 0.301 e. The van der Waals surface area contributed by atoms with Crippen LogP contribution >= 0.6 is 11.3 Å². The number of pyridine rings is 1. The summed E-state index contributed by atoms with van der Waals surface area (Å²) in [6, 6.07) is 12.3. The van der Waals surface area contributed by atoms with E-state index >= 15 is 0 Å². The highest BCUT2D eigenvalue weighted by Gasteiger charge is 2.48. The van der Waals surface area contributed by atoms with Crippen LogP contribution in [0, 0.1) is 13.8 Å². The number of rotatable bonds is 4. The first kappa shape index (κ1) is 25.6. The van der Waals surface area contributed by atoms with Gasteiger partial charge in [-0.15, -0.1) is 0 Å². The predicted octanol–water partition coefficient (Wildman–Crippen LogP) is 6.24. The van der Waals surface area contributed by atoms with E-state index in [4.69, 9.17) is 9.72 Å². The summed E-state index contributed by atoms with van der Waals surface area (Å²) >= 11 is 1.35. The van der Waals surface area contributed by atoms with Crippen molar-refractivity contribution in [3.05, 3.63) is 88.2 Å². The molecular weight excluding hydrogens is 498 g/mol. The predicted molar refractivity (Wildman–Crippen MR) is 150 cm³/mol. The SMILES string of the molecule is COc1cc(C)c(/C(O)=C2\C(=O)C(=O)N(c3nc4ccc(C(C)(C)C)cc4s3)C2c2cccnc2)cc1C. The van der Waals surface area contributed by atoms with Gasteiger partial charge in [0.25, 0.3) is 5.78 Å². The quantitative estimate of drug-likeness (QED) is 0.192. The van der Waals surface area contributed by atoms with E-state index < -0.39 is 17.7 Å². The fourth-order valence-corrected chi connectivity index (χ4v) is 5.81. The maximum absolute atomic E-state index is 13.5. The first-order valence-corrected chi connectivity index (χ1v) is 13.1. The number of hydrogen-bond acceptors (Lipinski definition) is 7. The van der Waals surface area contributed by atoms with Crippen molar-refractivity contribution in [3.8, 4) is 5.75 Å². The average molecular weight is 528 g/mol. The molecule has 0 radical (unpaired) electrons. The molecule has 1 amide bonds. The highest BCUT2D eigenvalue weighted by molar-refractivity contribution is 7.22. The van der Waals surface area contributed by atoms with E-state index in [9.17, 15) is 14.7 Å². The number of carbonyl (C=O) groups is 2. The molecule has 0 bridgehead atoms. The van der Waals surface area contributed by atoms with Crippen molar-refractivity contribution in [2.75, 3.05) is 12.0 Å². The first-order valence-electron chi connectivity index (χ1n) is 12.3. The summed E-state index contributed by atoms with van der Waals surface area (Å²) in [7, 11) is 1.58.